The summed E-state index contributed by atoms with van der Waals surface area (Å²) in [5, 5.41) is 6.66. The summed E-state index contributed by atoms with van der Waals surface area (Å²) in [5.74, 6) is 1.18. The molecular weight excluding hydrogens is 853 g/mol. The molecule has 0 atom stereocenters. The van der Waals surface area contributed by atoms with Crippen LogP contribution in [0, 0.1) is 0 Å². The van der Waals surface area contributed by atoms with Crippen LogP contribution in [0.2, 0.25) is 0 Å². The number of furan rings is 1. The molecule has 0 aliphatic rings. The molecule has 6 aromatic heterocycles. The number of hydrogen-bond acceptors (Lipinski definition) is 6. The Morgan fingerprint density at radius 1 is 0.338 bits per heavy atom. The lowest BCUT2D eigenvalue weighted by Gasteiger charge is -2.12. The van der Waals surface area contributed by atoms with E-state index in [1.54, 1.807) is 11.3 Å². The fourth-order valence-corrected chi connectivity index (χ4v) is 11.1. The van der Waals surface area contributed by atoms with E-state index in [4.69, 9.17) is 24.4 Å². The van der Waals surface area contributed by atoms with Gasteiger partial charge in [-0.1, -0.05) is 170 Å². The van der Waals surface area contributed by atoms with E-state index in [0.29, 0.717) is 17.6 Å². The molecule has 0 bridgehead atoms. The Balaban J connectivity index is 0.989. The molecule has 0 amide bonds. The predicted octanol–water partition coefficient (Wildman–Crippen LogP) is 15.8. The Morgan fingerprint density at radius 3 is 1.29 bits per heavy atom. The van der Waals surface area contributed by atoms with Crippen LogP contribution in [0.25, 0.3) is 132 Å². The van der Waals surface area contributed by atoms with Gasteiger partial charge in [0.05, 0.1) is 39.2 Å². The monoisotopic (exact) mass is 888 g/mol. The van der Waals surface area contributed by atoms with Crippen molar-refractivity contribution in [2.75, 3.05) is 0 Å². The fraction of sp³-hybridized carbons (Fsp3) is 0. The van der Waals surface area contributed by atoms with Gasteiger partial charge in [0.15, 0.2) is 0 Å². The average molecular weight is 889 g/mol. The first-order valence-electron chi connectivity index (χ1n) is 22.6. The van der Waals surface area contributed by atoms with Gasteiger partial charge >= 0.3 is 0 Å². The van der Waals surface area contributed by atoms with Crippen LogP contribution in [0.1, 0.15) is 0 Å². The van der Waals surface area contributed by atoms with E-state index in [1.807, 2.05) is 60.7 Å². The fourth-order valence-electron chi connectivity index (χ4n) is 9.83. The van der Waals surface area contributed by atoms with Gasteiger partial charge in [-0.05, 0) is 59.7 Å². The highest BCUT2D eigenvalue weighted by Gasteiger charge is 2.25. The van der Waals surface area contributed by atoms with Crippen molar-refractivity contribution >= 4 is 75.5 Å². The first-order chi connectivity index (χ1) is 33.7. The predicted molar refractivity (Wildman–Crippen MR) is 279 cm³/mol. The normalized spacial score (nSPS) is 11.8. The summed E-state index contributed by atoms with van der Waals surface area (Å²) in [4.78, 5) is 22.3. The number of benzene rings is 8. The first kappa shape index (κ1) is 38.3. The molecule has 8 aromatic carbocycles. The molecule has 0 saturated heterocycles. The maximum atomic E-state index is 6.79. The SMILES string of the molecule is c1ccc(-c2cc(-c3ccccc3)nc(-n3c4ccc(-c5ccc6c(c5)c5c7ccccc7sc5n6-c5nc(-c6ccccc6)cc(-c6ccccc6)n5)cc4c4c5ccccc5oc43)n2)cc1. The van der Waals surface area contributed by atoms with Gasteiger partial charge < -0.3 is 4.42 Å². The number of fused-ring (bicyclic) bond motifs is 10. The minimum atomic E-state index is 0.542. The molecule has 68 heavy (non-hydrogen) atoms. The molecule has 0 aliphatic heterocycles. The Bertz CT molecular complexity index is 3860. The quantitative estimate of drug-likeness (QED) is 0.159. The van der Waals surface area contributed by atoms with Gasteiger partial charge in [0.25, 0.3) is 0 Å². The summed E-state index contributed by atoms with van der Waals surface area (Å²) < 4.78 is 12.3. The van der Waals surface area contributed by atoms with Crippen LogP contribution in [0.15, 0.2) is 223 Å². The van der Waals surface area contributed by atoms with Gasteiger partial charge in [0.1, 0.15) is 10.4 Å². The van der Waals surface area contributed by atoms with Crippen molar-refractivity contribution in [1.82, 2.24) is 29.1 Å². The van der Waals surface area contributed by atoms with Crippen molar-refractivity contribution in [1.29, 1.82) is 0 Å². The standard InChI is InChI=1S/C60H36N6OS/c1-5-17-37(18-6-1)47-35-48(38-19-7-2-8-20-38)62-59(61-47)65-51-31-29-41(33-45(51)55-43-25-13-15-27-53(43)67-57(55)65)42-30-32-52-46(34-42)56-44-26-14-16-28-54(44)68-58(56)66(52)60-63-49(39-21-9-3-10-22-39)36-50(64-60)40-23-11-4-12-24-40/h1-36H. The molecule has 8 heteroatoms. The van der Waals surface area contributed by atoms with E-state index >= 15 is 0 Å². The van der Waals surface area contributed by atoms with Gasteiger partial charge in [-0.25, -0.2) is 24.5 Å². The van der Waals surface area contributed by atoms with Crippen LogP contribution in [-0.2, 0) is 0 Å². The molecule has 318 valence electrons. The highest BCUT2D eigenvalue weighted by atomic mass is 32.1. The molecule has 0 saturated carbocycles. The number of hydrogen-bond donors (Lipinski definition) is 0. The summed E-state index contributed by atoms with van der Waals surface area (Å²) >= 11 is 1.78. The molecule has 0 unspecified atom stereocenters. The second-order valence-corrected chi connectivity index (χ2v) is 18.1. The molecular formula is C60H36N6OS. The van der Waals surface area contributed by atoms with E-state index in [1.165, 1.54) is 15.5 Å². The van der Waals surface area contributed by atoms with Crippen molar-refractivity contribution in [3.05, 3.63) is 218 Å². The molecule has 0 radical (unpaired) electrons. The third-order valence-electron chi connectivity index (χ3n) is 13.0. The Morgan fingerprint density at radius 2 is 0.765 bits per heavy atom. The van der Waals surface area contributed by atoms with E-state index in [2.05, 4.69) is 167 Å². The third-order valence-corrected chi connectivity index (χ3v) is 14.2. The minimum absolute atomic E-state index is 0.542. The number of nitrogens with zero attached hydrogens (tertiary/aromatic N) is 6. The molecule has 6 heterocycles. The van der Waals surface area contributed by atoms with Gasteiger partial charge in [-0.3, -0.25) is 4.57 Å². The van der Waals surface area contributed by atoms with Crippen molar-refractivity contribution in [2.24, 2.45) is 0 Å². The van der Waals surface area contributed by atoms with Crippen LogP contribution < -0.4 is 0 Å². The number of thiophene rings is 1. The second kappa shape index (κ2) is 15.3. The summed E-state index contributed by atoms with van der Waals surface area (Å²) in [6, 6.07) is 75.9. The molecule has 7 nitrogen and oxygen atoms in total. The van der Waals surface area contributed by atoms with E-state index in [-0.39, 0.29) is 0 Å². The van der Waals surface area contributed by atoms with Crippen LogP contribution in [0.3, 0.4) is 0 Å². The van der Waals surface area contributed by atoms with Crippen LogP contribution in [-0.4, -0.2) is 29.1 Å². The number of rotatable bonds is 7. The minimum Gasteiger partial charge on any atom is -0.439 e. The average Bonchev–Trinajstić information content (AvgIpc) is 4.15. The van der Waals surface area contributed by atoms with Gasteiger partial charge in [0, 0.05) is 53.9 Å². The molecule has 0 aliphatic carbocycles. The summed E-state index contributed by atoms with van der Waals surface area (Å²) in [6.07, 6.45) is 0. The van der Waals surface area contributed by atoms with E-state index < -0.39 is 0 Å². The smallest absolute Gasteiger partial charge is 0.238 e. The maximum Gasteiger partial charge on any atom is 0.238 e. The first-order valence-corrected chi connectivity index (χ1v) is 23.4. The molecule has 0 fully saturated rings. The van der Waals surface area contributed by atoms with Crippen molar-refractivity contribution in [3.8, 4) is 68.1 Å². The molecule has 14 aromatic rings. The summed E-state index contributed by atoms with van der Waals surface area (Å²) in [7, 11) is 0. The molecule has 0 spiro atoms. The maximum absolute atomic E-state index is 6.79. The lowest BCUT2D eigenvalue weighted by atomic mass is 10.00. The van der Waals surface area contributed by atoms with Gasteiger partial charge in [-0.2, -0.15) is 0 Å². The lowest BCUT2D eigenvalue weighted by Crippen LogP contribution is -2.03. The van der Waals surface area contributed by atoms with Crippen molar-refractivity contribution in [3.63, 3.8) is 0 Å². The van der Waals surface area contributed by atoms with Crippen molar-refractivity contribution in [2.45, 2.75) is 0 Å². The van der Waals surface area contributed by atoms with E-state index in [9.17, 15) is 0 Å². The zero-order chi connectivity index (χ0) is 44.7. The Kier molecular flexibility index (Phi) is 8.62. The zero-order valence-corrected chi connectivity index (χ0v) is 37.1. The number of aromatic nitrogens is 6. The van der Waals surface area contributed by atoms with E-state index in [0.717, 1.165) is 99.1 Å². The molecule has 14 rings (SSSR count). The largest absolute Gasteiger partial charge is 0.439 e. The second-order valence-electron chi connectivity index (χ2n) is 17.0. The summed E-state index contributed by atoms with van der Waals surface area (Å²) in [6.45, 7) is 0. The summed E-state index contributed by atoms with van der Waals surface area (Å²) in [5.41, 5.74) is 13.2. The lowest BCUT2D eigenvalue weighted by molar-refractivity contribution is 0.641. The topological polar surface area (TPSA) is 74.6 Å². The molecule has 0 N–H and O–H groups in total. The van der Waals surface area contributed by atoms with Crippen LogP contribution >= 0.6 is 11.3 Å². The Labute approximate surface area is 393 Å². The van der Waals surface area contributed by atoms with Gasteiger partial charge in [-0.15, -0.1) is 11.3 Å². The third kappa shape index (κ3) is 6.12. The zero-order valence-electron chi connectivity index (χ0n) is 36.3. The highest BCUT2D eigenvalue weighted by molar-refractivity contribution is 7.25. The number of para-hydroxylation sites is 1. The van der Waals surface area contributed by atoms with Crippen LogP contribution in [0.4, 0.5) is 0 Å². The van der Waals surface area contributed by atoms with Crippen molar-refractivity contribution < 1.29 is 4.42 Å². The highest BCUT2D eigenvalue weighted by Crippen LogP contribution is 2.45. The van der Waals surface area contributed by atoms with Crippen LogP contribution in [0.5, 0.6) is 0 Å². The van der Waals surface area contributed by atoms with Gasteiger partial charge in [0.2, 0.25) is 17.6 Å². The Hall–Kier alpha value is -8.98.